The minimum absolute atomic E-state index is 0.173. The summed E-state index contributed by atoms with van der Waals surface area (Å²) in [6.45, 7) is 5.11. The van der Waals surface area contributed by atoms with Crippen molar-refractivity contribution in [3.8, 4) is 0 Å². The molecule has 2 N–H and O–H groups in total. The lowest BCUT2D eigenvalue weighted by atomic mass is 10.1. The van der Waals surface area contributed by atoms with Crippen molar-refractivity contribution in [2.24, 2.45) is 15.4 Å². The SMILES string of the molecule is C/C=C/C[C@H](C)CS(N)(=O)=NC(C)=O. The quantitative estimate of drug-likeness (QED) is 0.726. The van der Waals surface area contributed by atoms with Crippen LogP contribution in [-0.4, -0.2) is 15.9 Å². The van der Waals surface area contributed by atoms with Gasteiger partial charge >= 0.3 is 0 Å². The molecule has 82 valence electrons. The molecular formula is C9H18N2O2S. The number of carbonyl (C=O) groups is 1. The largest absolute Gasteiger partial charge is 0.272 e. The van der Waals surface area contributed by atoms with Gasteiger partial charge in [0.1, 0.15) is 9.92 Å². The molecule has 5 heteroatoms. The Morgan fingerprint density at radius 1 is 1.64 bits per heavy atom. The van der Waals surface area contributed by atoms with Crippen molar-refractivity contribution in [1.29, 1.82) is 0 Å². The predicted molar refractivity (Wildman–Crippen MR) is 58.9 cm³/mol. The zero-order valence-electron chi connectivity index (χ0n) is 8.90. The molecule has 0 aliphatic heterocycles. The molecule has 0 fully saturated rings. The fourth-order valence-corrected chi connectivity index (χ4v) is 2.56. The summed E-state index contributed by atoms with van der Waals surface area (Å²) in [7, 11) is -2.82. The van der Waals surface area contributed by atoms with Crippen molar-refractivity contribution < 1.29 is 9.00 Å². The normalized spacial score (nSPS) is 17.7. The van der Waals surface area contributed by atoms with Crippen LogP contribution in [0.25, 0.3) is 0 Å². The molecule has 0 aromatic carbocycles. The van der Waals surface area contributed by atoms with Gasteiger partial charge in [-0.1, -0.05) is 19.1 Å². The van der Waals surface area contributed by atoms with Crippen molar-refractivity contribution >= 4 is 15.8 Å². The van der Waals surface area contributed by atoms with Crippen LogP contribution in [-0.2, 0) is 14.7 Å². The molecule has 1 unspecified atom stereocenters. The van der Waals surface area contributed by atoms with E-state index < -0.39 is 15.8 Å². The monoisotopic (exact) mass is 218 g/mol. The number of amides is 1. The Bertz CT molecular complexity index is 328. The van der Waals surface area contributed by atoms with Crippen LogP contribution in [0, 0.1) is 5.92 Å². The van der Waals surface area contributed by atoms with Gasteiger partial charge in [-0.3, -0.25) is 4.79 Å². The van der Waals surface area contributed by atoms with Crippen LogP contribution in [0.2, 0.25) is 0 Å². The lowest BCUT2D eigenvalue weighted by Gasteiger charge is -2.08. The summed E-state index contributed by atoms with van der Waals surface area (Å²) in [6.07, 6.45) is 4.71. The summed E-state index contributed by atoms with van der Waals surface area (Å²) < 4.78 is 14.9. The van der Waals surface area contributed by atoms with Crippen LogP contribution in [0.5, 0.6) is 0 Å². The maximum Gasteiger partial charge on any atom is 0.251 e. The van der Waals surface area contributed by atoms with Crippen LogP contribution in [0.3, 0.4) is 0 Å². The van der Waals surface area contributed by atoms with Crippen molar-refractivity contribution in [1.82, 2.24) is 0 Å². The van der Waals surface area contributed by atoms with Crippen LogP contribution >= 0.6 is 0 Å². The van der Waals surface area contributed by atoms with E-state index in [4.69, 9.17) is 5.14 Å². The van der Waals surface area contributed by atoms with Gasteiger partial charge in [0.05, 0.1) is 0 Å². The standard InChI is InChI=1S/C9H18N2O2S/c1-4-5-6-8(2)7-14(10,13)11-9(3)12/h4-5,8H,6-7H2,1-3H3,(H2,10,11,12,13)/b5-4+/t8-,14?/m0/s1. The summed E-state index contributed by atoms with van der Waals surface area (Å²) in [5, 5.41) is 5.41. The molecule has 0 saturated carbocycles. The number of nitrogens with zero attached hydrogens (tertiary/aromatic N) is 1. The second-order valence-electron chi connectivity index (χ2n) is 3.38. The maximum atomic E-state index is 11.5. The average Bonchev–Trinajstić information content (AvgIpc) is 1.96. The van der Waals surface area contributed by atoms with E-state index in [-0.39, 0.29) is 11.7 Å². The predicted octanol–water partition coefficient (Wildman–Crippen LogP) is 1.48. The molecule has 0 saturated heterocycles. The number of nitrogens with two attached hydrogens (primary N) is 1. The number of allylic oxidation sites excluding steroid dienone is 2. The van der Waals surface area contributed by atoms with Crippen molar-refractivity contribution in [2.45, 2.75) is 27.2 Å². The van der Waals surface area contributed by atoms with Gasteiger partial charge in [0.2, 0.25) is 0 Å². The van der Waals surface area contributed by atoms with E-state index in [0.717, 1.165) is 6.42 Å². The zero-order valence-corrected chi connectivity index (χ0v) is 9.71. The van der Waals surface area contributed by atoms with Crippen LogP contribution < -0.4 is 5.14 Å². The third kappa shape index (κ3) is 6.80. The first kappa shape index (κ1) is 13.3. The maximum absolute atomic E-state index is 11.5. The lowest BCUT2D eigenvalue weighted by molar-refractivity contribution is -0.115. The van der Waals surface area contributed by atoms with Gasteiger partial charge in [0, 0.05) is 12.7 Å². The summed E-state index contributed by atoms with van der Waals surface area (Å²) in [6, 6.07) is 0. The smallest absolute Gasteiger partial charge is 0.251 e. The minimum atomic E-state index is -2.82. The van der Waals surface area contributed by atoms with Gasteiger partial charge in [-0.15, -0.1) is 4.36 Å². The first-order valence-electron chi connectivity index (χ1n) is 4.51. The Morgan fingerprint density at radius 2 is 2.21 bits per heavy atom. The molecular weight excluding hydrogens is 200 g/mol. The molecule has 1 amide bonds. The Morgan fingerprint density at radius 3 is 2.64 bits per heavy atom. The molecule has 2 atom stereocenters. The van der Waals surface area contributed by atoms with E-state index in [9.17, 15) is 9.00 Å². The molecule has 14 heavy (non-hydrogen) atoms. The summed E-state index contributed by atoms with van der Waals surface area (Å²) in [5.74, 6) is -0.0424. The van der Waals surface area contributed by atoms with Gasteiger partial charge in [-0.25, -0.2) is 9.35 Å². The van der Waals surface area contributed by atoms with Gasteiger partial charge in [-0.05, 0) is 19.3 Å². The highest BCUT2D eigenvalue weighted by molar-refractivity contribution is 7.91. The molecule has 0 heterocycles. The van der Waals surface area contributed by atoms with E-state index in [1.165, 1.54) is 6.92 Å². The van der Waals surface area contributed by atoms with E-state index in [1.54, 1.807) is 0 Å². The molecule has 0 aromatic heterocycles. The Balaban J connectivity index is 4.36. The van der Waals surface area contributed by atoms with E-state index >= 15 is 0 Å². The first-order valence-corrected chi connectivity index (χ1v) is 6.26. The van der Waals surface area contributed by atoms with Gasteiger partial charge in [0.25, 0.3) is 5.91 Å². The Kier molecular flexibility index (Phi) is 5.64. The molecule has 0 bridgehead atoms. The van der Waals surface area contributed by atoms with E-state index in [0.29, 0.717) is 0 Å². The summed E-state index contributed by atoms with van der Waals surface area (Å²) in [4.78, 5) is 10.6. The van der Waals surface area contributed by atoms with Crippen molar-refractivity contribution in [3.63, 3.8) is 0 Å². The highest BCUT2D eigenvalue weighted by atomic mass is 32.2. The Hall–Kier alpha value is -0.680. The summed E-state index contributed by atoms with van der Waals surface area (Å²) >= 11 is 0. The van der Waals surface area contributed by atoms with E-state index in [1.807, 2.05) is 26.0 Å². The van der Waals surface area contributed by atoms with Crippen molar-refractivity contribution in [2.75, 3.05) is 5.75 Å². The van der Waals surface area contributed by atoms with Gasteiger partial charge < -0.3 is 0 Å². The third-order valence-corrected chi connectivity index (χ3v) is 3.19. The lowest BCUT2D eigenvalue weighted by Crippen LogP contribution is -2.22. The number of carbonyl (C=O) groups excluding carboxylic acids is 1. The molecule has 4 nitrogen and oxygen atoms in total. The second kappa shape index (κ2) is 5.93. The molecule has 0 aromatic rings. The minimum Gasteiger partial charge on any atom is -0.272 e. The Labute approximate surface area is 85.9 Å². The zero-order chi connectivity index (χ0) is 11.2. The first-order chi connectivity index (χ1) is 6.37. The van der Waals surface area contributed by atoms with Crippen molar-refractivity contribution in [3.05, 3.63) is 12.2 Å². The third-order valence-electron chi connectivity index (χ3n) is 1.58. The highest BCUT2D eigenvalue weighted by Crippen LogP contribution is 2.06. The van der Waals surface area contributed by atoms with Crippen LogP contribution in [0.4, 0.5) is 0 Å². The van der Waals surface area contributed by atoms with Crippen LogP contribution in [0.1, 0.15) is 27.2 Å². The molecule has 0 aliphatic rings. The number of hydrogen-bond acceptors (Lipinski definition) is 2. The molecule has 0 rings (SSSR count). The molecule has 0 spiro atoms. The average molecular weight is 218 g/mol. The number of hydrogen-bond donors (Lipinski definition) is 1. The van der Waals surface area contributed by atoms with Crippen LogP contribution in [0.15, 0.2) is 16.5 Å². The van der Waals surface area contributed by atoms with Gasteiger partial charge in [-0.2, -0.15) is 0 Å². The fraction of sp³-hybridized carbons (Fsp3) is 0.667. The topological polar surface area (TPSA) is 72.5 Å². The van der Waals surface area contributed by atoms with E-state index in [2.05, 4.69) is 4.36 Å². The second-order valence-corrected chi connectivity index (χ2v) is 5.27. The molecule has 0 aliphatic carbocycles. The highest BCUT2D eigenvalue weighted by Gasteiger charge is 2.09. The van der Waals surface area contributed by atoms with Gasteiger partial charge in [0.15, 0.2) is 0 Å². The fourth-order valence-electron chi connectivity index (χ4n) is 1.10. The number of rotatable bonds is 4. The molecule has 0 radical (unpaired) electrons. The summed E-state index contributed by atoms with van der Waals surface area (Å²) in [5.41, 5.74) is 0.